The minimum Gasteiger partial charge on any atom is -0.274 e. The second kappa shape index (κ2) is 6.33. The predicted octanol–water partition coefficient (Wildman–Crippen LogP) is 2.36. The number of amides is 2. The molecule has 0 radical (unpaired) electrons. The second-order valence-electron chi connectivity index (χ2n) is 5.26. The lowest BCUT2D eigenvalue weighted by Crippen LogP contribution is -2.38. The molecule has 1 N–H and O–H groups in total. The fraction of sp³-hybridized carbons (Fsp3) is 0.615. The van der Waals surface area contributed by atoms with E-state index in [1.807, 2.05) is 27.7 Å². The van der Waals surface area contributed by atoms with Gasteiger partial charge in [-0.15, -0.1) is 0 Å². The number of aromatic nitrogens is 2. The van der Waals surface area contributed by atoms with Crippen LogP contribution in [-0.4, -0.2) is 22.0 Å². The number of hydrogen-bond donors (Lipinski definition) is 1. The normalized spacial score (nSPS) is 11.0. The summed E-state index contributed by atoms with van der Waals surface area (Å²) in [5.74, 6) is 0.524. The lowest BCUT2D eigenvalue weighted by atomic mass is 10.1. The highest BCUT2D eigenvalue weighted by Gasteiger charge is 2.25. The molecule has 1 aromatic heterocycles. The summed E-state index contributed by atoms with van der Waals surface area (Å²) in [5.41, 5.74) is 0. The zero-order chi connectivity index (χ0) is 13.7. The molecule has 0 aliphatic heterocycles. The topological polar surface area (TPSA) is 66.1 Å². The number of anilines is 1. The molecule has 1 heterocycles. The molecule has 5 heteroatoms. The van der Waals surface area contributed by atoms with Gasteiger partial charge in [-0.05, 0) is 11.8 Å². The number of rotatable bonds is 5. The van der Waals surface area contributed by atoms with E-state index in [2.05, 4.69) is 10.2 Å². The molecule has 18 heavy (non-hydrogen) atoms. The molecule has 0 fully saturated rings. The van der Waals surface area contributed by atoms with Crippen molar-refractivity contribution in [1.82, 2.24) is 10.2 Å². The van der Waals surface area contributed by atoms with Crippen LogP contribution in [0.1, 0.15) is 40.5 Å². The van der Waals surface area contributed by atoms with E-state index in [4.69, 9.17) is 0 Å². The first kappa shape index (κ1) is 14.4. The van der Waals surface area contributed by atoms with Gasteiger partial charge in [-0.2, -0.15) is 5.10 Å². The summed E-state index contributed by atoms with van der Waals surface area (Å²) in [7, 11) is 0. The Kier molecular flexibility index (Phi) is 5.07. The number of carbonyl (C=O) groups is 2. The number of nitrogens with one attached hydrogen (secondary N) is 1. The fourth-order valence-electron chi connectivity index (χ4n) is 1.66. The first-order valence-corrected chi connectivity index (χ1v) is 6.27. The molecule has 1 aromatic rings. The van der Waals surface area contributed by atoms with Gasteiger partial charge in [-0.25, -0.2) is 4.90 Å². The number of carbonyl (C=O) groups excluding carboxylic acids is 2. The summed E-state index contributed by atoms with van der Waals surface area (Å²) in [5, 5.41) is 6.47. The molecule has 5 nitrogen and oxygen atoms in total. The van der Waals surface area contributed by atoms with Crippen LogP contribution in [0.5, 0.6) is 0 Å². The molecule has 0 saturated carbocycles. The van der Waals surface area contributed by atoms with Crippen molar-refractivity contribution in [2.45, 2.75) is 40.5 Å². The molecular formula is C13H21N3O2. The van der Waals surface area contributed by atoms with Crippen molar-refractivity contribution in [3.8, 4) is 0 Å². The summed E-state index contributed by atoms with van der Waals surface area (Å²) in [6, 6.07) is 1.64. The molecule has 0 aromatic carbocycles. The van der Waals surface area contributed by atoms with Crippen molar-refractivity contribution in [3.63, 3.8) is 0 Å². The van der Waals surface area contributed by atoms with Crippen molar-refractivity contribution in [3.05, 3.63) is 12.3 Å². The van der Waals surface area contributed by atoms with Gasteiger partial charge in [-0.3, -0.25) is 14.7 Å². The van der Waals surface area contributed by atoms with E-state index in [0.29, 0.717) is 18.7 Å². The Balaban J connectivity index is 2.89. The van der Waals surface area contributed by atoms with Crippen LogP contribution in [0.4, 0.5) is 5.82 Å². The van der Waals surface area contributed by atoms with Crippen LogP contribution in [0, 0.1) is 11.8 Å². The van der Waals surface area contributed by atoms with Gasteiger partial charge < -0.3 is 0 Å². The number of nitrogens with zero attached hydrogens (tertiary/aromatic N) is 2. The third kappa shape index (κ3) is 3.98. The van der Waals surface area contributed by atoms with Crippen molar-refractivity contribution >= 4 is 17.6 Å². The monoisotopic (exact) mass is 251 g/mol. The minimum atomic E-state index is -0.181. The zero-order valence-corrected chi connectivity index (χ0v) is 11.4. The Morgan fingerprint density at radius 1 is 1.17 bits per heavy atom. The molecule has 0 aliphatic carbocycles. The van der Waals surface area contributed by atoms with Crippen LogP contribution in [0.25, 0.3) is 0 Å². The van der Waals surface area contributed by atoms with E-state index in [9.17, 15) is 9.59 Å². The third-order valence-corrected chi connectivity index (χ3v) is 2.39. The number of hydrogen-bond acceptors (Lipinski definition) is 3. The van der Waals surface area contributed by atoms with E-state index in [1.165, 1.54) is 11.1 Å². The second-order valence-corrected chi connectivity index (χ2v) is 5.26. The Morgan fingerprint density at radius 3 is 2.00 bits per heavy atom. The molecule has 0 bridgehead atoms. The van der Waals surface area contributed by atoms with Crippen molar-refractivity contribution < 1.29 is 9.59 Å². The van der Waals surface area contributed by atoms with Crippen LogP contribution >= 0.6 is 0 Å². The lowest BCUT2D eigenvalue weighted by molar-refractivity contribution is -0.127. The van der Waals surface area contributed by atoms with E-state index in [0.717, 1.165) is 0 Å². The Morgan fingerprint density at radius 2 is 1.67 bits per heavy atom. The fourth-order valence-corrected chi connectivity index (χ4v) is 1.66. The first-order chi connectivity index (χ1) is 8.41. The average Bonchev–Trinajstić information content (AvgIpc) is 2.68. The van der Waals surface area contributed by atoms with Gasteiger partial charge in [-0.1, -0.05) is 27.7 Å². The SMILES string of the molecule is CC(C)CC(=O)N(C(=O)CC(C)C)c1ccn[nH]1. The van der Waals surface area contributed by atoms with Gasteiger partial charge in [0, 0.05) is 18.9 Å². The van der Waals surface area contributed by atoms with Crippen molar-refractivity contribution in [1.29, 1.82) is 0 Å². The predicted molar refractivity (Wildman–Crippen MR) is 70.0 cm³/mol. The maximum absolute atomic E-state index is 12.1. The molecule has 0 spiro atoms. The maximum Gasteiger partial charge on any atom is 0.235 e. The number of aromatic amines is 1. The molecule has 2 amide bonds. The summed E-state index contributed by atoms with van der Waals surface area (Å²) < 4.78 is 0. The van der Waals surface area contributed by atoms with E-state index in [1.54, 1.807) is 6.07 Å². The zero-order valence-electron chi connectivity index (χ0n) is 11.4. The Hall–Kier alpha value is -1.65. The van der Waals surface area contributed by atoms with Gasteiger partial charge in [0.05, 0.1) is 6.20 Å². The van der Waals surface area contributed by atoms with Crippen LogP contribution in [-0.2, 0) is 9.59 Å². The summed E-state index contributed by atoms with van der Waals surface area (Å²) in [6.07, 6.45) is 2.24. The largest absolute Gasteiger partial charge is 0.274 e. The molecule has 1 rings (SSSR count). The Bertz CT molecular complexity index is 374. The number of imide groups is 1. The molecule has 0 aliphatic rings. The highest BCUT2D eigenvalue weighted by atomic mass is 16.2. The van der Waals surface area contributed by atoms with Crippen LogP contribution < -0.4 is 4.90 Å². The third-order valence-electron chi connectivity index (χ3n) is 2.39. The summed E-state index contributed by atoms with van der Waals surface area (Å²) in [6.45, 7) is 7.82. The molecule has 0 saturated heterocycles. The van der Waals surface area contributed by atoms with Gasteiger partial charge in [0.1, 0.15) is 5.82 Å². The molecule has 0 atom stereocenters. The summed E-state index contributed by atoms with van der Waals surface area (Å²) in [4.78, 5) is 25.5. The average molecular weight is 251 g/mol. The van der Waals surface area contributed by atoms with Gasteiger partial charge in [0.25, 0.3) is 0 Å². The highest BCUT2D eigenvalue weighted by molar-refractivity contribution is 6.14. The van der Waals surface area contributed by atoms with Crippen LogP contribution in [0.15, 0.2) is 12.3 Å². The van der Waals surface area contributed by atoms with Crippen molar-refractivity contribution in [2.24, 2.45) is 11.8 Å². The minimum absolute atomic E-state index is 0.181. The van der Waals surface area contributed by atoms with Crippen LogP contribution in [0.2, 0.25) is 0 Å². The smallest absolute Gasteiger partial charge is 0.235 e. The highest BCUT2D eigenvalue weighted by Crippen LogP contribution is 2.16. The lowest BCUT2D eigenvalue weighted by Gasteiger charge is -2.20. The van der Waals surface area contributed by atoms with Crippen LogP contribution in [0.3, 0.4) is 0 Å². The van der Waals surface area contributed by atoms with Crippen molar-refractivity contribution in [2.75, 3.05) is 4.90 Å². The van der Waals surface area contributed by atoms with Gasteiger partial charge in [0.15, 0.2) is 0 Å². The molecular weight excluding hydrogens is 230 g/mol. The quantitative estimate of drug-likeness (QED) is 0.873. The van der Waals surface area contributed by atoms with Gasteiger partial charge in [0.2, 0.25) is 11.8 Å². The first-order valence-electron chi connectivity index (χ1n) is 6.27. The van der Waals surface area contributed by atoms with Gasteiger partial charge >= 0.3 is 0 Å². The van der Waals surface area contributed by atoms with E-state index < -0.39 is 0 Å². The summed E-state index contributed by atoms with van der Waals surface area (Å²) >= 11 is 0. The molecule has 0 unspecified atom stereocenters. The number of H-pyrrole nitrogens is 1. The standard InChI is InChI=1S/C13H21N3O2/c1-9(2)7-12(17)16(11-5-6-14-15-11)13(18)8-10(3)4/h5-6,9-10H,7-8H2,1-4H3,(H,14,15). The Labute approximate surface area is 108 Å². The van der Waals surface area contributed by atoms with E-state index in [-0.39, 0.29) is 23.7 Å². The maximum atomic E-state index is 12.1. The van der Waals surface area contributed by atoms with E-state index >= 15 is 0 Å². The molecule has 100 valence electrons.